The van der Waals surface area contributed by atoms with Gasteiger partial charge < -0.3 is 15.4 Å². The van der Waals surface area contributed by atoms with Gasteiger partial charge in [0.05, 0.1) is 4.88 Å². The molecule has 6 nitrogen and oxygen atoms in total. The molecule has 0 aliphatic rings. The first-order valence-electron chi connectivity index (χ1n) is 8.50. The van der Waals surface area contributed by atoms with E-state index in [2.05, 4.69) is 10.6 Å². The fourth-order valence-corrected chi connectivity index (χ4v) is 3.03. The highest BCUT2D eigenvalue weighted by Gasteiger charge is 2.09. The van der Waals surface area contributed by atoms with Crippen molar-refractivity contribution < 1.29 is 19.1 Å². The fraction of sp³-hybridized carbons (Fsp3) is 0.0952. The summed E-state index contributed by atoms with van der Waals surface area (Å²) < 4.78 is 5.43. The molecule has 0 radical (unpaired) electrons. The maximum Gasteiger partial charge on any atom is 0.265 e. The topological polar surface area (TPSA) is 84.5 Å². The molecule has 1 heterocycles. The number of ether oxygens (including phenoxy) is 1. The van der Waals surface area contributed by atoms with Crippen LogP contribution in [0.2, 0.25) is 0 Å². The van der Waals surface area contributed by atoms with Crippen molar-refractivity contribution in [2.24, 2.45) is 0 Å². The van der Waals surface area contributed by atoms with E-state index in [0.717, 1.165) is 0 Å². The molecule has 0 atom stereocenters. The van der Waals surface area contributed by atoms with Crippen molar-refractivity contribution in [3.8, 4) is 5.75 Å². The quantitative estimate of drug-likeness (QED) is 0.588. The predicted octanol–water partition coefficient (Wildman–Crippen LogP) is 4.22. The van der Waals surface area contributed by atoms with Crippen LogP contribution in [-0.4, -0.2) is 24.2 Å². The van der Waals surface area contributed by atoms with E-state index in [1.165, 1.54) is 18.3 Å². The molecule has 2 N–H and O–H groups in total. The van der Waals surface area contributed by atoms with E-state index in [1.54, 1.807) is 54.6 Å². The SMILES string of the molecule is CC(=O)c1ccc(OCC(=O)Nc2cccc(NC(=O)c3cccs3)c2)cc1. The highest BCUT2D eigenvalue weighted by atomic mass is 32.1. The normalized spacial score (nSPS) is 10.2. The zero-order valence-corrected chi connectivity index (χ0v) is 15.9. The van der Waals surface area contributed by atoms with Crippen molar-refractivity contribution in [1.82, 2.24) is 0 Å². The van der Waals surface area contributed by atoms with Gasteiger partial charge in [-0.1, -0.05) is 12.1 Å². The third-order valence-electron chi connectivity index (χ3n) is 3.78. The van der Waals surface area contributed by atoms with E-state index in [0.29, 0.717) is 27.6 Å². The van der Waals surface area contributed by atoms with Crippen LogP contribution in [-0.2, 0) is 4.79 Å². The van der Waals surface area contributed by atoms with Gasteiger partial charge in [0.2, 0.25) is 0 Å². The first kappa shape index (κ1) is 19.3. The van der Waals surface area contributed by atoms with Gasteiger partial charge in [-0.05, 0) is 60.8 Å². The summed E-state index contributed by atoms with van der Waals surface area (Å²) >= 11 is 1.35. The molecule has 7 heteroatoms. The largest absolute Gasteiger partial charge is 0.484 e. The molecule has 0 aliphatic heterocycles. The van der Waals surface area contributed by atoms with Crippen LogP contribution >= 0.6 is 11.3 Å². The highest BCUT2D eigenvalue weighted by molar-refractivity contribution is 7.12. The second-order valence-electron chi connectivity index (χ2n) is 5.93. The maximum atomic E-state index is 12.1. The number of anilines is 2. The first-order chi connectivity index (χ1) is 13.5. The number of thiophene rings is 1. The number of Topliss-reactive ketones (excluding diaryl/α,β-unsaturated/α-hetero) is 1. The van der Waals surface area contributed by atoms with E-state index >= 15 is 0 Å². The molecule has 0 spiro atoms. The van der Waals surface area contributed by atoms with Crippen LogP contribution in [0.4, 0.5) is 11.4 Å². The first-order valence-corrected chi connectivity index (χ1v) is 9.38. The summed E-state index contributed by atoms with van der Waals surface area (Å²) in [6.45, 7) is 1.31. The number of carbonyl (C=O) groups is 3. The Morgan fingerprint density at radius 1 is 0.929 bits per heavy atom. The van der Waals surface area contributed by atoms with Crippen molar-refractivity contribution in [2.45, 2.75) is 6.92 Å². The van der Waals surface area contributed by atoms with Crippen LogP contribution in [0.1, 0.15) is 27.0 Å². The lowest BCUT2D eigenvalue weighted by molar-refractivity contribution is -0.118. The average molecular weight is 394 g/mol. The summed E-state index contributed by atoms with van der Waals surface area (Å²) in [7, 11) is 0. The monoisotopic (exact) mass is 394 g/mol. The van der Waals surface area contributed by atoms with Gasteiger partial charge >= 0.3 is 0 Å². The summed E-state index contributed by atoms with van der Waals surface area (Å²) in [5.74, 6) is -0.0688. The minimum Gasteiger partial charge on any atom is -0.484 e. The number of benzene rings is 2. The molecule has 0 aliphatic carbocycles. The van der Waals surface area contributed by atoms with Gasteiger partial charge in [-0.2, -0.15) is 0 Å². The molecule has 2 amide bonds. The maximum absolute atomic E-state index is 12.1. The fourth-order valence-electron chi connectivity index (χ4n) is 2.41. The summed E-state index contributed by atoms with van der Waals surface area (Å²) in [5.41, 5.74) is 1.71. The average Bonchev–Trinajstić information content (AvgIpc) is 3.22. The number of carbonyl (C=O) groups excluding carboxylic acids is 3. The number of nitrogens with one attached hydrogen (secondary N) is 2. The minimum absolute atomic E-state index is 0.0321. The van der Waals surface area contributed by atoms with E-state index in [-0.39, 0.29) is 24.2 Å². The number of hydrogen-bond donors (Lipinski definition) is 2. The molecule has 3 rings (SSSR count). The third-order valence-corrected chi connectivity index (χ3v) is 4.65. The van der Waals surface area contributed by atoms with Crippen molar-refractivity contribution in [1.29, 1.82) is 0 Å². The summed E-state index contributed by atoms with van der Waals surface area (Å²) in [5, 5.41) is 7.35. The second-order valence-corrected chi connectivity index (χ2v) is 6.88. The van der Waals surface area contributed by atoms with Crippen LogP contribution in [0.25, 0.3) is 0 Å². The van der Waals surface area contributed by atoms with E-state index in [4.69, 9.17) is 4.74 Å². The van der Waals surface area contributed by atoms with Gasteiger partial charge in [0.15, 0.2) is 12.4 Å². The van der Waals surface area contributed by atoms with Crippen LogP contribution in [0.3, 0.4) is 0 Å². The molecule has 142 valence electrons. The molecule has 3 aromatic rings. The van der Waals surface area contributed by atoms with Crippen LogP contribution in [0.5, 0.6) is 5.75 Å². The summed E-state index contributed by atoms with van der Waals surface area (Å²) in [6.07, 6.45) is 0. The molecule has 0 saturated carbocycles. The number of amides is 2. The Bertz CT molecular complexity index is 982. The van der Waals surface area contributed by atoms with Crippen LogP contribution < -0.4 is 15.4 Å². The molecular formula is C21H18N2O4S. The van der Waals surface area contributed by atoms with E-state index in [9.17, 15) is 14.4 Å². The van der Waals surface area contributed by atoms with Gasteiger partial charge in [0, 0.05) is 16.9 Å². The zero-order chi connectivity index (χ0) is 19.9. The van der Waals surface area contributed by atoms with E-state index < -0.39 is 0 Å². The van der Waals surface area contributed by atoms with Gasteiger partial charge in [0.1, 0.15) is 5.75 Å². The predicted molar refractivity (Wildman–Crippen MR) is 109 cm³/mol. The Kier molecular flexibility index (Phi) is 6.18. The Morgan fingerprint density at radius 3 is 2.29 bits per heavy atom. The Labute approximate surface area is 166 Å². The molecule has 28 heavy (non-hydrogen) atoms. The minimum atomic E-state index is -0.336. The van der Waals surface area contributed by atoms with E-state index in [1.807, 2.05) is 11.4 Å². The Hall–Kier alpha value is -3.45. The number of hydrogen-bond acceptors (Lipinski definition) is 5. The molecule has 2 aromatic carbocycles. The molecule has 1 aromatic heterocycles. The zero-order valence-electron chi connectivity index (χ0n) is 15.1. The van der Waals surface area contributed by atoms with Crippen LogP contribution in [0.15, 0.2) is 66.0 Å². The number of ketones is 1. The van der Waals surface area contributed by atoms with Gasteiger partial charge in [0.25, 0.3) is 11.8 Å². The number of rotatable bonds is 7. The van der Waals surface area contributed by atoms with Crippen molar-refractivity contribution >= 4 is 40.3 Å². The van der Waals surface area contributed by atoms with Gasteiger partial charge in [-0.25, -0.2) is 0 Å². The molecule has 0 fully saturated rings. The molecular weight excluding hydrogens is 376 g/mol. The smallest absolute Gasteiger partial charge is 0.265 e. The highest BCUT2D eigenvalue weighted by Crippen LogP contribution is 2.18. The molecule has 0 saturated heterocycles. The summed E-state index contributed by atoms with van der Waals surface area (Å²) in [4.78, 5) is 36.1. The van der Waals surface area contributed by atoms with Crippen molar-refractivity contribution in [3.63, 3.8) is 0 Å². The second kappa shape index (κ2) is 8.96. The molecule has 0 bridgehead atoms. The Morgan fingerprint density at radius 2 is 1.64 bits per heavy atom. The lowest BCUT2D eigenvalue weighted by Gasteiger charge is -2.10. The lowest BCUT2D eigenvalue weighted by Crippen LogP contribution is -2.20. The van der Waals surface area contributed by atoms with Crippen LogP contribution in [0, 0.1) is 0 Å². The summed E-state index contributed by atoms with van der Waals surface area (Å²) in [6, 6.07) is 17.0. The van der Waals surface area contributed by atoms with Crippen molar-refractivity contribution in [2.75, 3.05) is 17.2 Å². The van der Waals surface area contributed by atoms with Crippen molar-refractivity contribution in [3.05, 3.63) is 76.5 Å². The van der Waals surface area contributed by atoms with Gasteiger partial charge in [-0.3, -0.25) is 14.4 Å². The van der Waals surface area contributed by atoms with Gasteiger partial charge in [-0.15, -0.1) is 11.3 Å². The molecule has 0 unspecified atom stereocenters. The third kappa shape index (κ3) is 5.28. The Balaban J connectivity index is 1.53. The standard InChI is InChI=1S/C21H18N2O4S/c1-14(24)15-7-9-18(10-8-15)27-13-20(25)22-16-4-2-5-17(12-16)23-21(26)19-6-3-11-28-19/h2-12H,13H2,1H3,(H,22,25)(H,23,26). The lowest BCUT2D eigenvalue weighted by atomic mass is 10.1.